The van der Waals surface area contributed by atoms with E-state index >= 15 is 0 Å². The maximum Gasteiger partial charge on any atom is 0.162 e. The van der Waals surface area contributed by atoms with Crippen LogP contribution in [-0.2, 0) is 6.61 Å². The smallest absolute Gasteiger partial charge is 0.162 e. The molecule has 0 saturated heterocycles. The second-order valence-electron chi connectivity index (χ2n) is 4.00. The van der Waals surface area contributed by atoms with Gasteiger partial charge in [0.05, 0.1) is 18.7 Å². The van der Waals surface area contributed by atoms with Crippen molar-refractivity contribution in [2.45, 2.75) is 6.61 Å². The molecule has 0 aliphatic rings. The quantitative estimate of drug-likeness (QED) is 0.858. The molecule has 0 atom stereocenters. The monoisotopic (exact) mass is 275 g/mol. The maximum absolute atomic E-state index is 13.5. The molecule has 102 valence electrons. The van der Waals surface area contributed by atoms with Gasteiger partial charge < -0.3 is 9.47 Å². The molecule has 0 bridgehead atoms. The third kappa shape index (κ3) is 3.04. The first kappa shape index (κ1) is 13.8. The van der Waals surface area contributed by atoms with Crippen LogP contribution in [0.2, 0.25) is 0 Å². The summed E-state index contributed by atoms with van der Waals surface area (Å²) in [5.41, 5.74) is 0.667. The van der Waals surface area contributed by atoms with E-state index in [1.165, 1.54) is 19.2 Å². The topological polar surface area (TPSA) is 42.2 Å². The van der Waals surface area contributed by atoms with E-state index in [0.29, 0.717) is 17.1 Å². The number of ether oxygens (including phenoxy) is 2. The lowest BCUT2D eigenvalue weighted by Gasteiger charge is -2.11. The highest BCUT2D eigenvalue weighted by atomic mass is 19.1. The lowest BCUT2D eigenvalue weighted by molar-refractivity contribution is 0.279. The Kier molecular flexibility index (Phi) is 4.16. The normalized spacial score (nSPS) is 9.90. The van der Waals surface area contributed by atoms with Crippen LogP contribution in [0.4, 0.5) is 8.78 Å². The summed E-state index contributed by atoms with van der Waals surface area (Å²) in [6, 6.07) is 9.93. The predicted octanol–water partition coefficient (Wildman–Crippen LogP) is 3.42. The van der Waals surface area contributed by atoms with Gasteiger partial charge in [0.25, 0.3) is 0 Å². The standard InChI is InChI=1S/C15H11F2NO2/c1-19-15-6-10(8-18)2-5-14(15)20-9-11-3-4-12(16)7-13(11)17/h2-7H,9H2,1H3. The molecule has 0 heterocycles. The maximum atomic E-state index is 13.5. The summed E-state index contributed by atoms with van der Waals surface area (Å²) in [6.45, 7) is -0.0611. The average molecular weight is 275 g/mol. The fourth-order valence-corrected chi connectivity index (χ4v) is 1.65. The van der Waals surface area contributed by atoms with E-state index in [2.05, 4.69) is 0 Å². The summed E-state index contributed by atoms with van der Waals surface area (Å²) in [5.74, 6) is -0.540. The van der Waals surface area contributed by atoms with Gasteiger partial charge in [-0.15, -0.1) is 0 Å². The number of methoxy groups -OCH3 is 1. The van der Waals surface area contributed by atoms with Crippen molar-refractivity contribution in [1.29, 1.82) is 5.26 Å². The number of hydrogen-bond acceptors (Lipinski definition) is 3. The first-order valence-corrected chi connectivity index (χ1v) is 5.79. The van der Waals surface area contributed by atoms with Gasteiger partial charge in [-0.05, 0) is 24.3 Å². The third-order valence-electron chi connectivity index (χ3n) is 2.69. The molecular weight excluding hydrogens is 264 g/mol. The summed E-state index contributed by atoms with van der Waals surface area (Å²) >= 11 is 0. The molecule has 0 aliphatic heterocycles. The summed E-state index contributed by atoms with van der Waals surface area (Å²) in [7, 11) is 1.45. The SMILES string of the molecule is COc1cc(C#N)ccc1OCc1ccc(F)cc1F. The zero-order valence-electron chi connectivity index (χ0n) is 10.7. The highest BCUT2D eigenvalue weighted by Crippen LogP contribution is 2.28. The molecule has 2 rings (SSSR count). The summed E-state index contributed by atoms with van der Waals surface area (Å²) in [6.07, 6.45) is 0. The van der Waals surface area contributed by atoms with Gasteiger partial charge in [0.1, 0.15) is 18.2 Å². The molecule has 0 amide bonds. The summed E-state index contributed by atoms with van der Waals surface area (Å²) < 4.78 is 36.8. The Morgan fingerprint density at radius 1 is 1.10 bits per heavy atom. The van der Waals surface area contributed by atoms with E-state index in [1.54, 1.807) is 12.1 Å². The fourth-order valence-electron chi connectivity index (χ4n) is 1.65. The number of hydrogen-bond donors (Lipinski definition) is 0. The second-order valence-corrected chi connectivity index (χ2v) is 4.00. The zero-order valence-corrected chi connectivity index (χ0v) is 10.7. The van der Waals surface area contributed by atoms with Crippen LogP contribution < -0.4 is 9.47 Å². The minimum atomic E-state index is -0.669. The Morgan fingerprint density at radius 2 is 1.90 bits per heavy atom. The van der Waals surface area contributed by atoms with E-state index in [-0.39, 0.29) is 12.2 Å². The highest BCUT2D eigenvalue weighted by molar-refractivity contribution is 5.46. The lowest BCUT2D eigenvalue weighted by atomic mass is 10.2. The van der Waals surface area contributed by atoms with E-state index in [1.807, 2.05) is 6.07 Å². The molecule has 2 aromatic rings. The molecule has 0 saturated carbocycles. The van der Waals surface area contributed by atoms with Crippen molar-refractivity contribution in [2.75, 3.05) is 7.11 Å². The number of rotatable bonds is 4. The van der Waals surface area contributed by atoms with Crippen molar-refractivity contribution in [3.63, 3.8) is 0 Å². The van der Waals surface area contributed by atoms with Crippen LogP contribution in [0.5, 0.6) is 11.5 Å². The molecule has 0 unspecified atom stereocenters. The Morgan fingerprint density at radius 3 is 2.55 bits per heavy atom. The van der Waals surface area contributed by atoms with E-state index < -0.39 is 11.6 Å². The minimum Gasteiger partial charge on any atom is -0.493 e. The summed E-state index contributed by atoms with van der Waals surface area (Å²) in [4.78, 5) is 0. The van der Waals surface area contributed by atoms with Gasteiger partial charge in [0.2, 0.25) is 0 Å². The van der Waals surface area contributed by atoms with Crippen LogP contribution in [0.15, 0.2) is 36.4 Å². The Hall–Kier alpha value is -2.61. The van der Waals surface area contributed by atoms with Crippen LogP contribution >= 0.6 is 0 Å². The van der Waals surface area contributed by atoms with Gasteiger partial charge in [-0.1, -0.05) is 0 Å². The van der Waals surface area contributed by atoms with Crippen LogP contribution in [0.1, 0.15) is 11.1 Å². The molecule has 3 nitrogen and oxygen atoms in total. The molecule has 0 fully saturated rings. The number of benzene rings is 2. The van der Waals surface area contributed by atoms with E-state index in [9.17, 15) is 8.78 Å². The lowest BCUT2D eigenvalue weighted by Crippen LogP contribution is -2.00. The van der Waals surface area contributed by atoms with E-state index in [4.69, 9.17) is 14.7 Å². The first-order valence-electron chi connectivity index (χ1n) is 5.79. The number of nitrogens with zero attached hydrogens (tertiary/aromatic N) is 1. The first-order chi connectivity index (χ1) is 9.63. The van der Waals surface area contributed by atoms with Crippen molar-refractivity contribution in [3.8, 4) is 17.6 Å². The van der Waals surface area contributed by atoms with Crippen LogP contribution in [-0.4, -0.2) is 7.11 Å². The third-order valence-corrected chi connectivity index (χ3v) is 2.69. The van der Waals surface area contributed by atoms with Gasteiger partial charge in [-0.2, -0.15) is 5.26 Å². The molecule has 0 N–H and O–H groups in total. The summed E-state index contributed by atoms with van der Waals surface area (Å²) in [5, 5.41) is 8.79. The van der Waals surface area contributed by atoms with Crippen LogP contribution in [0, 0.1) is 23.0 Å². The Balaban J connectivity index is 2.16. The Bertz CT molecular complexity index is 665. The van der Waals surface area contributed by atoms with Crippen LogP contribution in [0.3, 0.4) is 0 Å². The van der Waals surface area contributed by atoms with Gasteiger partial charge in [0, 0.05) is 17.7 Å². The van der Waals surface area contributed by atoms with Gasteiger partial charge in [0.15, 0.2) is 11.5 Å². The molecule has 0 spiro atoms. The fraction of sp³-hybridized carbons (Fsp3) is 0.133. The molecule has 5 heteroatoms. The van der Waals surface area contributed by atoms with Crippen LogP contribution in [0.25, 0.3) is 0 Å². The van der Waals surface area contributed by atoms with Gasteiger partial charge in [-0.3, -0.25) is 0 Å². The largest absolute Gasteiger partial charge is 0.493 e. The molecule has 0 aliphatic carbocycles. The predicted molar refractivity (Wildman–Crippen MR) is 68.4 cm³/mol. The number of nitriles is 1. The minimum absolute atomic E-state index is 0.0611. The van der Waals surface area contributed by atoms with E-state index in [0.717, 1.165) is 12.1 Å². The van der Waals surface area contributed by atoms with Crippen molar-refractivity contribution in [1.82, 2.24) is 0 Å². The second kappa shape index (κ2) is 6.02. The van der Waals surface area contributed by atoms with Gasteiger partial charge in [-0.25, -0.2) is 8.78 Å². The Labute approximate surface area is 115 Å². The average Bonchev–Trinajstić information content (AvgIpc) is 2.46. The van der Waals surface area contributed by atoms with Crippen molar-refractivity contribution in [2.24, 2.45) is 0 Å². The molecule has 0 radical (unpaired) electrons. The molecular formula is C15H11F2NO2. The molecule has 20 heavy (non-hydrogen) atoms. The van der Waals surface area contributed by atoms with Gasteiger partial charge >= 0.3 is 0 Å². The number of halogens is 2. The van der Waals surface area contributed by atoms with Crippen molar-refractivity contribution >= 4 is 0 Å². The highest BCUT2D eigenvalue weighted by Gasteiger charge is 2.08. The van der Waals surface area contributed by atoms with Crippen molar-refractivity contribution < 1.29 is 18.3 Å². The zero-order chi connectivity index (χ0) is 14.5. The molecule has 0 aromatic heterocycles. The molecule has 2 aromatic carbocycles. The van der Waals surface area contributed by atoms with Crippen molar-refractivity contribution in [3.05, 3.63) is 59.2 Å².